The Morgan fingerprint density at radius 2 is 1.96 bits per heavy atom. The van der Waals surface area contributed by atoms with E-state index < -0.39 is 0 Å². The van der Waals surface area contributed by atoms with Gasteiger partial charge in [0.25, 0.3) is 5.91 Å². The van der Waals surface area contributed by atoms with Gasteiger partial charge in [-0.3, -0.25) is 9.78 Å². The lowest BCUT2D eigenvalue weighted by Gasteiger charge is -2.12. The van der Waals surface area contributed by atoms with Gasteiger partial charge >= 0.3 is 0 Å². The second kappa shape index (κ2) is 7.21. The topological polar surface area (TPSA) is 72.7 Å². The van der Waals surface area contributed by atoms with Crippen molar-refractivity contribution in [1.29, 1.82) is 0 Å². The number of carbonyl (C=O) groups is 1. The zero-order valence-corrected chi connectivity index (χ0v) is 15.1. The first kappa shape index (κ1) is 17.4. The van der Waals surface area contributed by atoms with Crippen molar-refractivity contribution in [2.75, 3.05) is 0 Å². The fourth-order valence-corrected chi connectivity index (χ4v) is 2.70. The van der Waals surface area contributed by atoms with Gasteiger partial charge in [0.15, 0.2) is 5.69 Å². The molecular formula is C17H15Cl2N5O. The molecule has 2 aromatic heterocycles. The quantitative estimate of drug-likeness (QED) is 0.753. The average molecular weight is 376 g/mol. The Labute approximate surface area is 154 Å². The van der Waals surface area contributed by atoms with Gasteiger partial charge in [0, 0.05) is 6.20 Å². The number of nitrogens with zero attached hydrogens (tertiary/aromatic N) is 4. The minimum atomic E-state index is -0.333. The van der Waals surface area contributed by atoms with Gasteiger partial charge in [0.2, 0.25) is 0 Å². The predicted molar refractivity (Wildman–Crippen MR) is 96.2 cm³/mol. The van der Waals surface area contributed by atoms with Gasteiger partial charge in [-0.2, -0.15) is 0 Å². The van der Waals surface area contributed by atoms with Crippen LogP contribution < -0.4 is 5.32 Å². The number of nitrogens with one attached hydrogen (secondary N) is 1. The van der Waals surface area contributed by atoms with E-state index in [0.717, 1.165) is 0 Å². The fourth-order valence-electron chi connectivity index (χ4n) is 2.37. The smallest absolute Gasteiger partial charge is 0.274 e. The number of amides is 1. The molecule has 128 valence electrons. The summed E-state index contributed by atoms with van der Waals surface area (Å²) in [6.45, 7) is 3.60. The molecule has 0 aliphatic carbocycles. The van der Waals surface area contributed by atoms with Gasteiger partial charge in [-0.1, -0.05) is 40.5 Å². The van der Waals surface area contributed by atoms with E-state index in [-0.39, 0.29) is 17.6 Å². The van der Waals surface area contributed by atoms with Crippen LogP contribution in [0.15, 0.2) is 42.6 Å². The second-order valence-corrected chi connectivity index (χ2v) is 6.33. The number of para-hydroxylation sites is 1. The van der Waals surface area contributed by atoms with E-state index >= 15 is 0 Å². The SMILES string of the molecule is Cc1c(C(=O)N[C@@H](C)c2ccc(Cl)cn2)nnn1-c1ccccc1Cl. The summed E-state index contributed by atoms with van der Waals surface area (Å²) in [5, 5.41) is 12.0. The molecule has 3 aromatic rings. The van der Waals surface area contributed by atoms with Crippen LogP contribution in [0.5, 0.6) is 0 Å². The van der Waals surface area contributed by atoms with Crippen molar-refractivity contribution in [1.82, 2.24) is 25.3 Å². The Morgan fingerprint density at radius 1 is 1.20 bits per heavy atom. The molecule has 2 heterocycles. The Balaban J connectivity index is 1.82. The molecule has 0 saturated carbocycles. The molecule has 1 N–H and O–H groups in total. The van der Waals surface area contributed by atoms with Crippen molar-refractivity contribution in [2.24, 2.45) is 0 Å². The average Bonchev–Trinajstić information content (AvgIpc) is 2.97. The summed E-state index contributed by atoms with van der Waals surface area (Å²) in [5.74, 6) is -0.333. The minimum Gasteiger partial charge on any atom is -0.342 e. The molecule has 6 nitrogen and oxygen atoms in total. The zero-order valence-electron chi connectivity index (χ0n) is 13.6. The maximum absolute atomic E-state index is 12.5. The Hall–Kier alpha value is -2.44. The highest BCUT2D eigenvalue weighted by molar-refractivity contribution is 6.32. The molecule has 1 aromatic carbocycles. The molecule has 0 unspecified atom stereocenters. The number of hydrogen-bond donors (Lipinski definition) is 1. The third-order valence-electron chi connectivity index (χ3n) is 3.73. The summed E-state index contributed by atoms with van der Waals surface area (Å²) >= 11 is 12.0. The van der Waals surface area contributed by atoms with Gasteiger partial charge in [-0.25, -0.2) is 4.68 Å². The Morgan fingerprint density at radius 3 is 2.64 bits per heavy atom. The molecule has 1 atom stereocenters. The first-order chi connectivity index (χ1) is 12.0. The number of benzene rings is 1. The van der Waals surface area contributed by atoms with Crippen LogP contribution in [0, 0.1) is 6.92 Å². The molecule has 0 radical (unpaired) electrons. The standard InChI is InChI=1S/C17H15Cl2N5O/c1-10(14-8-7-12(18)9-20-14)21-17(25)16-11(2)24(23-22-16)15-6-4-3-5-13(15)19/h3-10H,1-2H3,(H,21,25)/t10-/m0/s1. The van der Waals surface area contributed by atoms with Crippen LogP contribution in [-0.2, 0) is 0 Å². The number of rotatable bonds is 4. The maximum atomic E-state index is 12.5. The van der Waals surface area contributed by atoms with Gasteiger partial charge in [-0.05, 0) is 38.1 Å². The van der Waals surface area contributed by atoms with Gasteiger partial charge in [0.05, 0.1) is 33.2 Å². The largest absolute Gasteiger partial charge is 0.342 e. The third kappa shape index (κ3) is 3.65. The normalized spacial score (nSPS) is 12.0. The summed E-state index contributed by atoms with van der Waals surface area (Å²) in [4.78, 5) is 16.7. The van der Waals surface area contributed by atoms with Crippen molar-refractivity contribution in [3.8, 4) is 5.69 Å². The van der Waals surface area contributed by atoms with Gasteiger partial charge in [0.1, 0.15) is 0 Å². The van der Waals surface area contributed by atoms with E-state index in [2.05, 4.69) is 20.6 Å². The molecule has 25 heavy (non-hydrogen) atoms. The minimum absolute atomic E-state index is 0.237. The molecule has 0 fully saturated rings. The second-order valence-electron chi connectivity index (χ2n) is 5.48. The van der Waals surface area contributed by atoms with Crippen LogP contribution in [0.2, 0.25) is 10.0 Å². The summed E-state index contributed by atoms with van der Waals surface area (Å²) in [5.41, 5.74) is 2.21. The van der Waals surface area contributed by atoms with Crippen molar-refractivity contribution in [2.45, 2.75) is 19.9 Å². The van der Waals surface area contributed by atoms with Gasteiger partial charge < -0.3 is 5.32 Å². The number of aromatic nitrogens is 4. The third-order valence-corrected chi connectivity index (χ3v) is 4.27. The molecule has 3 rings (SSSR count). The molecular weight excluding hydrogens is 361 g/mol. The van der Waals surface area contributed by atoms with Gasteiger partial charge in [-0.15, -0.1) is 5.10 Å². The van der Waals surface area contributed by atoms with Crippen LogP contribution in [0.25, 0.3) is 5.69 Å². The monoisotopic (exact) mass is 375 g/mol. The van der Waals surface area contributed by atoms with Crippen molar-refractivity contribution in [3.05, 3.63) is 69.7 Å². The first-order valence-electron chi connectivity index (χ1n) is 7.57. The summed E-state index contributed by atoms with van der Waals surface area (Å²) < 4.78 is 1.54. The van der Waals surface area contributed by atoms with E-state index in [1.54, 1.807) is 36.0 Å². The summed E-state index contributed by atoms with van der Waals surface area (Å²) in [6, 6.07) is 10.4. The van der Waals surface area contributed by atoms with Crippen molar-refractivity contribution >= 4 is 29.1 Å². The van der Waals surface area contributed by atoms with E-state index in [9.17, 15) is 4.79 Å². The van der Waals surface area contributed by atoms with E-state index in [4.69, 9.17) is 23.2 Å². The number of hydrogen-bond acceptors (Lipinski definition) is 4. The van der Waals surface area contributed by atoms with Crippen molar-refractivity contribution in [3.63, 3.8) is 0 Å². The van der Waals surface area contributed by atoms with E-state index in [1.807, 2.05) is 25.1 Å². The number of carbonyl (C=O) groups excluding carboxylic acids is 1. The number of pyridine rings is 1. The van der Waals surface area contributed by atoms with Crippen LogP contribution >= 0.6 is 23.2 Å². The molecule has 0 spiro atoms. The highest BCUT2D eigenvalue weighted by Crippen LogP contribution is 2.21. The lowest BCUT2D eigenvalue weighted by molar-refractivity contribution is 0.0933. The highest BCUT2D eigenvalue weighted by Gasteiger charge is 2.20. The fraction of sp³-hybridized carbons (Fsp3) is 0.176. The first-order valence-corrected chi connectivity index (χ1v) is 8.32. The Bertz CT molecular complexity index is 908. The van der Waals surface area contributed by atoms with E-state index in [1.165, 1.54) is 0 Å². The summed E-state index contributed by atoms with van der Waals surface area (Å²) in [7, 11) is 0. The number of halogens is 2. The molecule has 0 aliphatic rings. The van der Waals surface area contributed by atoms with Crippen LogP contribution in [0.1, 0.15) is 34.8 Å². The van der Waals surface area contributed by atoms with E-state index in [0.29, 0.717) is 27.1 Å². The van der Waals surface area contributed by atoms with Crippen LogP contribution in [-0.4, -0.2) is 25.9 Å². The molecule has 0 bridgehead atoms. The lowest BCUT2D eigenvalue weighted by Crippen LogP contribution is -2.28. The highest BCUT2D eigenvalue weighted by atomic mass is 35.5. The van der Waals surface area contributed by atoms with Crippen LogP contribution in [0.4, 0.5) is 0 Å². The zero-order chi connectivity index (χ0) is 18.0. The van der Waals surface area contributed by atoms with Crippen LogP contribution in [0.3, 0.4) is 0 Å². The summed E-state index contributed by atoms with van der Waals surface area (Å²) in [6.07, 6.45) is 1.54. The Kier molecular flexibility index (Phi) is 5.01. The van der Waals surface area contributed by atoms with Crippen molar-refractivity contribution < 1.29 is 4.79 Å². The molecule has 0 aliphatic heterocycles. The predicted octanol–water partition coefficient (Wildman–Crippen LogP) is 3.77. The maximum Gasteiger partial charge on any atom is 0.274 e. The molecule has 8 heteroatoms. The lowest BCUT2D eigenvalue weighted by atomic mass is 10.2. The molecule has 0 saturated heterocycles. The molecule has 1 amide bonds.